The van der Waals surface area contributed by atoms with Crippen LogP contribution in [0.25, 0.3) is 0 Å². The fourth-order valence-electron chi connectivity index (χ4n) is 3.33. The van der Waals surface area contributed by atoms with Gasteiger partial charge in [-0.15, -0.1) is 0 Å². The van der Waals surface area contributed by atoms with Crippen molar-refractivity contribution in [2.75, 3.05) is 13.1 Å². The number of rotatable bonds is 6. The summed E-state index contributed by atoms with van der Waals surface area (Å²) in [6.07, 6.45) is 3.75. The molecule has 0 heterocycles. The first kappa shape index (κ1) is 17.0. The number of carboxylic acid groups (broad SMARTS) is 1. The van der Waals surface area contributed by atoms with E-state index in [1.165, 1.54) is 0 Å². The molecule has 22 heavy (non-hydrogen) atoms. The number of hydrogen-bond acceptors (Lipinski definition) is 2. The Balaban J connectivity index is 2.30. The molecule has 0 radical (unpaired) electrons. The Morgan fingerprint density at radius 3 is 2.55 bits per heavy atom. The zero-order valence-electron chi connectivity index (χ0n) is 12.8. The van der Waals surface area contributed by atoms with Crippen molar-refractivity contribution in [2.45, 2.75) is 44.4 Å². The van der Waals surface area contributed by atoms with Gasteiger partial charge < -0.3 is 10.0 Å². The van der Waals surface area contributed by atoms with Gasteiger partial charge in [0.2, 0.25) is 5.91 Å². The number of likely N-dealkylation sites (N-methyl/N-ethyl adjacent to an activating group) is 1. The van der Waals surface area contributed by atoms with Crippen molar-refractivity contribution >= 4 is 27.8 Å². The molecule has 0 atom stereocenters. The van der Waals surface area contributed by atoms with Gasteiger partial charge in [0.25, 0.3) is 0 Å². The van der Waals surface area contributed by atoms with Crippen molar-refractivity contribution < 1.29 is 14.7 Å². The highest BCUT2D eigenvalue weighted by atomic mass is 79.9. The van der Waals surface area contributed by atoms with Crippen molar-refractivity contribution in [3.05, 3.63) is 34.3 Å². The van der Waals surface area contributed by atoms with E-state index < -0.39 is 11.4 Å². The number of hydrogen-bond donors (Lipinski definition) is 1. The van der Waals surface area contributed by atoms with Gasteiger partial charge >= 0.3 is 5.97 Å². The van der Waals surface area contributed by atoms with E-state index in [0.717, 1.165) is 35.7 Å². The van der Waals surface area contributed by atoms with Crippen molar-refractivity contribution in [3.63, 3.8) is 0 Å². The van der Waals surface area contributed by atoms with E-state index in [2.05, 4.69) is 15.9 Å². The molecule has 1 saturated carbocycles. The Bertz CT molecular complexity index is 553. The molecule has 4 nitrogen and oxygen atoms in total. The van der Waals surface area contributed by atoms with Gasteiger partial charge in [-0.05, 0) is 37.5 Å². The highest BCUT2D eigenvalue weighted by Gasteiger charge is 2.44. The molecule has 1 aliphatic rings. The third-order valence-electron chi connectivity index (χ3n) is 4.51. The Morgan fingerprint density at radius 1 is 1.32 bits per heavy atom. The summed E-state index contributed by atoms with van der Waals surface area (Å²) in [6.45, 7) is 2.73. The SMILES string of the molecule is CCN(CCC(=O)O)C(=O)C1(c2cccc(Br)c2)CCCC1. The van der Waals surface area contributed by atoms with Crippen LogP contribution < -0.4 is 0 Å². The van der Waals surface area contributed by atoms with E-state index in [0.29, 0.717) is 6.54 Å². The number of aliphatic carboxylic acids is 1. The van der Waals surface area contributed by atoms with Crippen LogP contribution in [-0.4, -0.2) is 35.0 Å². The second kappa shape index (κ2) is 7.27. The van der Waals surface area contributed by atoms with Crippen LogP contribution in [0, 0.1) is 0 Å². The summed E-state index contributed by atoms with van der Waals surface area (Å²) in [5.41, 5.74) is 0.552. The van der Waals surface area contributed by atoms with Crippen LogP contribution >= 0.6 is 15.9 Å². The predicted molar refractivity (Wildman–Crippen MR) is 88.8 cm³/mol. The van der Waals surface area contributed by atoms with E-state index in [-0.39, 0.29) is 18.9 Å². The second-order valence-corrected chi connectivity index (χ2v) is 6.74. The molecular weight excluding hydrogens is 346 g/mol. The maximum Gasteiger partial charge on any atom is 0.305 e. The number of amides is 1. The lowest BCUT2D eigenvalue weighted by Gasteiger charge is -2.34. The zero-order valence-corrected chi connectivity index (χ0v) is 14.4. The van der Waals surface area contributed by atoms with Crippen LogP contribution in [0.3, 0.4) is 0 Å². The van der Waals surface area contributed by atoms with Gasteiger partial charge in [-0.1, -0.05) is 40.9 Å². The minimum absolute atomic E-state index is 0.00581. The maximum absolute atomic E-state index is 13.1. The first-order valence-corrected chi connectivity index (χ1v) is 8.56. The average Bonchev–Trinajstić information content (AvgIpc) is 2.98. The van der Waals surface area contributed by atoms with Crippen molar-refractivity contribution in [2.24, 2.45) is 0 Å². The molecule has 2 rings (SSSR count). The second-order valence-electron chi connectivity index (χ2n) is 5.83. The van der Waals surface area contributed by atoms with Gasteiger partial charge in [-0.25, -0.2) is 0 Å². The third kappa shape index (κ3) is 3.51. The van der Waals surface area contributed by atoms with Gasteiger partial charge in [0.15, 0.2) is 0 Å². The summed E-state index contributed by atoms with van der Waals surface area (Å²) in [5, 5.41) is 8.88. The summed E-state index contributed by atoms with van der Waals surface area (Å²) >= 11 is 3.48. The molecule has 120 valence electrons. The molecule has 1 N–H and O–H groups in total. The Labute approximate surface area is 139 Å². The maximum atomic E-state index is 13.1. The number of halogens is 1. The third-order valence-corrected chi connectivity index (χ3v) is 5.00. The fourth-order valence-corrected chi connectivity index (χ4v) is 3.73. The summed E-state index contributed by atoms with van der Waals surface area (Å²) in [4.78, 5) is 25.6. The fraction of sp³-hybridized carbons (Fsp3) is 0.529. The van der Waals surface area contributed by atoms with E-state index >= 15 is 0 Å². The molecule has 0 unspecified atom stereocenters. The van der Waals surface area contributed by atoms with Gasteiger partial charge in [-0.3, -0.25) is 9.59 Å². The summed E-state index contributed by atoms with van der Waals surface area (Å²) < 4.78 is 0.970. The Morgan fingerprint density at radius 2 is 2.00 bits per heavy atom. The topological polar surface area (TPSA) is 57.6 Å². The summed E-state index contributed by atoms with van der Waals surface area (Å²) in [6, 6.07) is 7.95. The van der Waals surface area contributed by atoms with E-state index in [1.54, 1.807) is 4.90 Å². The quantitative estimate of drug-likeness (QED) is 0.835. The van der Waals surface area contributed by atoms with Crippen LogP contribution in [0.5, 0.6) is 0 Å². The predicted octanol–water partition coefficient (Wildman–Crippen LogP) is 3.58. The largest absolute Gasteiger partial charge is 0.481 e. The molecule has 0 saturated heterocycles. The number of carboxylic acids is 1. The Hall–Kier alpha value is -1.36. The summed E-state index contributed by atoms with van der Waals surface area (Å²) in [7, 11) is 0. The molecule has 0 spiro atoms. The molecule has 1 aliphatic carbocycles. The molecule has 1 fully saturated rings. The highest BCUT2D eigenvalue weighted by Crippen LogP contribution is 2.43. The average molecular weight is 368 g/mol. The first-order chi connectivity index (χ1) is 10.5. The van der Waals surface area contributed by atoms with Crippen LogP contribution in [0.1, 0.15) is 44.6 Å². The molecule has 5 heteroatoms. The van der Waals surface area contributed by atoms with Crippen LogP contribution in [0.15, 0.2) is 28.7 Å². The van der Waals surface area contributed by atoms with Gasteiger partial charge in [-0.2, -0.15) is 0 Å². The molecule has 1 aromatic rings. The smallest absolute Gasteiger partial charge is 0.305 e. The van der Waals surface area contributed by atoms with Gasteiger partial charge in [0.1, 0.15) is 0 Å². The molecule has 1 amide bonds. The Kier molecular flexibility index (Phi) is 5.62. The van der Waals surface area contributed by atoms with Crippen LogP contribution in [0.2, 0.25) is 0 Å². The molecule has 1 aromatic carbocycles. The van der Waals surface area contributed by atoms with Crippen molar-refractivity contribution in [1.82, 2.24) is 4.90 Å². The normalized spacial score (nSPS) is 16.5. The molecular formula is C17H22BrNO3. The van der Waals surface area contributed by atoms with Crippen LogP contribution in [-0.2, 0) is 15.0 Å². The summed E-state index contributed by atoms with van der Waals surface area (Å²) in [5.74, 6) is -0.791. The van der Waals surface area contributed by atoms with E-state index in [9.17, 15) is 9.59 Å². The molecule has 0 aromatic heterocycles. The lowest BCUT2D eigenvalue weighted by Crippen LogP contribution is -2.46. The minimum atomic E-state index is -0.867. The molecule has 0 aliphatic heterocycles. The van der Waals surface area contributed by atoms with E-state index in [4.69, 9.17) is 5.11 Å². The first-order valence-electron chi connectivity index (χ1n) is 7.77. The molecule has 0 bridgehead atoms. The zero-order chi connectivity index (χ0) is 16.2. The number of carbonyl (C=O) groups excluding carboxylic acids is 1. The lowest BCUT2D eigenvalue weighted by atomic mass is 9.77. The van der Waals surface area contributed by atoms with Crippen LogP contribution in [0.4, 0.5) is 0 Å². The number of benzene rings is 1. The van der Waals surface area contributed by atoms with Gasteiger partial charge in [0, 0.05) is 17.6 Å². The minimum Gasteiger partial charge on any atom is -0.481 e. The lowest BCUT2D eigenvalue weighted by molar-refractivity contribution is -0.140. The number of carbonyl (C=O) groups is 2. The monoisotopic (exact) mass is 367 g/mol. The standard InChI is InChI=1S/C17H22BrNO3/c1-2-19(11-8-15(20)21)16(22)17(9-3-4-10-17)13-6-5-7-14(18)12-13/h5-7,12H,2-4,8-11H2,1H3,(H,20,21). The highest BCUT2D eigenvalue weighted by molar-refractivity contribution is 9.10. The van der Waals surface area contributed by atoms with Crippen molar-refractivity contribution in [3.8, 4) is 0 Å². The van der Waals surface area contributed by atoms with Crippen molar-refractivity contribution in [1.29, 1.82) is 0 Å². The van der Waals surface area contributed by atoms with E-state index in [1.807, 2.05) is 31.2 Å². The number of nitrogens with zero attached hydrogens (tertiary/aromatic N) is 1. The van der Waals surface area contributed by atoms with Gasteiger partial charge in [0.05, 0.1) is 11.8 Å².